The number of hydrogen-bond acceptors (Lipinski definition) is 3. The number of hydrazone groups is 1. The van der Waals surface area contributed by atoms with Crippen LogP contribution in [0.15, 0.2) is 47.4 Å². The number of hydrazine groups is 1. The van der Waals surface area contributed by atoms with Gasteiger partial charge in [0.2, 0.25) is 6.21 Å². The van der Waals surface area contributed by atoms with Crippen LogP contribution in [0.2, 0.25) is 0 Å². The SMILES string of the molecule is CN(C)C(=O)c1c(C=[NH+]NC(=O)Nc2ccccc2)n(C)ccc1=O.[Cl-]. The fourth-order valence-corrected chi connectivity index (χ4v) is 2.11. The normalized spacial score (nSPS) is 10.1. The molecule has 1 heterocycles. The largest absolute Gasteiger partial charge is 1.00 e. The van der Waals surface area contributed by atoms with Crippen molar-refractivity contribution in [3.05, 3.63) is 64.1 Å². The lowest BCUT2D eigenvalue weighted by Gasteiger charge is -2.12. The van der Waals surface area contributed by atoms with Crippen molar-refractivity contribution in [1.82, 2.24) is 14.9 Å². The first-order valence-electron chi connectivity index (χ1n) is 7.52. The predicted octanol–water partition coefficient (Wildman–Crippen LogP) is -3.67. The van der Waals surface area contributed by atoms with E-state index < -0.39 is 17.4 Å². The number of urea groups is 1. The summed E-state index contributed by atoms with van der Waals surface area (Å²) >= 11 is 0. The monoisotopic (exact) mass is 377 g/mol. The Balaban J connectivity index is 0.00000338. The van der Waals surface area contributed by atoms with Gasteiger partial charge in [0.05, 0.1) is 0 Å². The van der Waals surface area contributed by atoms with Crippen molar-refractivity contribution in [3.8, 4) is 0 Å². The van der Waals surface area contributed by atoms with Gasteiger partial charge in [0.25, 0.3) is 5.91 Å². The van der Waals surface area contributed by atoms with E-state index in [1.165, 1.54) is 17.2 Å². The van der Waals surface area contributed by atoms with E-state index >= 15 is 0 Å². The third-order valence-corrected chi connectivity index (χ3v) is 3.38. The summed E-state index contributed by atoms with van der Waals surface area (Å²) < 4.78 is 1.61. The molecule has 0 saturated heterocycles. The smallest absolute Gasteiger partial charge is 0.372 e. The van der Waals surface area contributed by atoms with Gasteiger partial charge in [-0.3, -0.25) is 9.59 Å². The summed E-state index contributed by atoms with van der Waals surface area (Å²) in [4.78, 5) is 37.5. The molecule has 0 radical (unpaired) electrons. The second-order valence-corrected chi connectivity index (χ2v) is 5.48. The first kappa shape index (κ1) is 20.9. The molecule has 0 aliphatic rings. The number of anilines is 1. The van der Waals surface area contributed by atoms with Gasteiger partial charge in [-0.2, -0.15) is 0 Å². The first-order chi connectivity index (χ1) is 11.9. The summed E-state index contributed by atoms with van der Waals surface area (Å²) in [5, 5.41) is 5.24. The van der Waals surface area contributed by atoms with E-state index in [2.05, 4.69) is 15.8 Å². The molecule has 138 valence electrons. The summed E-state index contributed by atoms with van der Waals surface area (Å²) in [6, 6.07) is 9.78. The number of carbonyl (C=O) groups is 2. The van der Waals surface area contributed by atoms with Gasteiger partial charge in [-0.25, -0.2) is 4.79 Å². The van der Waals surface area contributed by atoms with Crippen LogP contribution in [0.5, 0.6) is 0 Å². The van der Waals surface area contributed by atoms with Gasteiger partial charge in [-0.15, -0.1) is 10.5 Å². The second kappa shape index (κ2) is 9.38. The number of nitrogens with one attached hydrogen (secondary N) is 3. The highest BCUT2D eigenvalue weighted by Crippen LogP contribution is 2.04. The molecule has 2 rings (SSSR count). The summed E-state index contributed by atoms with van der Waals surface area (Å²) in [6.45, 7) is 0. The van der Waals surface area contributed by atoms with E-state index in [0.29, 0.717) is 11.4 Å². The maximum absolute atomic E-state index is 12.2. The van der Waals surface area contributed by atoms with Crippen LogP contribution < -0.4 is 33.7 Å². The van der Waals surface area contributed by atoms with Crippen LogP contribution in [0, 0.1) is 0 Å². The van der Waals surface area contributed by atoms with E-state index in [4.69, 9.17) is 0 Å². The molecular formula is C17H20ClN5O3. The lowest BCUT2D eigenvalue weighted by Crippen LogP contribution is -3.00. The number of hydrogen-bond donors (Lipinski definition) is 3. The third-order valence-electron chi connectivity index (χ3n) is 3.38. The average Bonchev–Trinajstić information content (AvgIpc) is 2.58. The minimum absolute atomic E-state index is 0. The van der Waals surface area contributed by atoms with Crippen LogP contribution in [0.3, 0.4) is 0 Å². The molecule has 3 amide bonds. The molecule has 0 aliphatic carbocycles. The molecule has 0 fully saturated rings. The number of benzene rings is 1. The number of carbonyl (C=O) groups excluding carboxylic acids is 2. The highest BCUT2D eigenvalue weighted by Gasteiger charge is 2.19. The Morgan fingerprint density at radius 1 is 1.15 bits per heavy atom. The lowest BCUT2D eigenvalue weighted by atomic mass is 10.1. The number of nitrogens with zero attached hydrogens (tertiary/aromatic N) is 2. The summed E-state index contributed by atoms with van der Waals surface area (Å²) in [7, 11) is 4.83. The molecule has 26 heavy (non-hydrogen) atoms. The third kappa shape index (κ3) is 5.18. The Labute approximate surface area is 156 Å². The van der Waals surface area contributed by atoms with Crippen molar-refractivity contribution >= 4 is 23.8 Å². The van der Waals surface area contributed by atoms with Gasteiger partial charge < -0.3 is 27.2 Å². The topological polar surface area (TPSA) is 97.4 Å². The van der Waals surface area contributed by atoms with Gasteiger partial charge in [0.1, 0.15) is 11.3 Å². The Morgan fingerprint density at radius 3 is 2.42 bits per heavy atom. The van der Waals surface area contributed by atoms with Crippen LogP contribution in [-0.2, 0) is 7.05 Å². The molecule has 0 unspecified atom stereocenters. The van der Waals surface area contributed by atoms with Crippen LogP contribution in [0.25, 0.3) is 0 Å². The Bertz CT molecular complexity index is 862. The molecule has 0 spiro atoms. The maximum atomic E-state index is 12.2. The molecule has 3 N–H and O–H groups in total. The molecule has 2 aromatic rings. The fourth-order valence-electron chi connectivity index (χ4n) is 2.11. The number of aromatic nitrogens is 1. The minimum atomic E-state index is -0.483. The molecule has 9 heteroatoms. The van der Waals surface area contributed by atoms with Crippen LogP contribution >= 0.6 is 0 Å². The van der Waals surface area contributed by atoms with Crippen molar-refractivity contribution in [3.63, 3.8) is 0 Å². The van der Waals surface area contributed by atoms with Gasteiger partial charge in [0.15, 0.2) is 5.43 Å². The zero-order valence-corrected chi connectivity index (χ0v) is 15.4. The van der Waals surface area contributed by atoms with Crippen molar-refractivity contribution < 1.29 is 27.1 Å². The molecular weight excluding hydrogens is 358 g/mol. The highest BCUT2D eigenvalue weighted by atomic mass is 35.5. The molecule has 0 saturated carbocycles. The Kier molecular flexibility index (Phi) is 7.54. The number of aryl methyl sites for hydroxylation is 1. The van der Waals surface area contributed by atoms with Crippen molar-refractivity contribution in [2.75, 3.05) is 19.4 Å². The van der Waals surface area contributed by atoms with E-state index in [9.17, 15) is 14.4 Å². The number of rotatable bonds is 4. The Hall–Kier alpha value is -3.13. The van der Waals surface area contributed by atoms with Crippen LogP contribution in [0.4, 0.5) is 10.5 Å². The summed E-state index contributed by atoms with van der Waals surface area (Å²) in [5.74, 6) is -0.414. The van der Waals surface area contributed by atoms with E-state index in [-0.39, 0.29) is 18.0 Å². The number of para-hydroxylation sites is 1. The fraction of sp³-hybridized carbons (Fsp3) is 0.176. The Morgan fingerprint density at radius 2 is 1.81 bits per heavy atom. The predicted molar refractivity (Wildman–Crippen MR) is 94.4 cm³/mol. The summed E-state index contributed by atoms with van der Waals surface area (Å²) in [5.41, 5.74) is 3.05. The zero-order chi connectivity index (χ0) is 18.4. The maximum Gasteiger partial charge on any atom is 0.372 e. The minimum Gasteiger partial charge on any atom is -1.00 e. The number of amides is 3. The van der Waals surface area contributed by atoms with Gasteiger partial charge in [0, 0.05) is 39.1 Å². The zero-order valence-electron chi connectivity index (χ0n) is 14.6. The lowest BCUT2D eigenvalue weighted by molar-refractivity contribution is -0.502. The molecule has 0 atom stereocenters. The van der Waals surface area contributed by atoms with Gasteiger partial charge >= 0.3 is 6.03 Å². The standard InChI is InChI=1S/C17H19N5O3.ClH/c1-21(2)16(24)15-13(22(3)10-9-14(15)23)11-18-20-17(25)19-12-7-5-4-6-8-12;/h4-11H,1-3H3,(H2,19,20,25);1H. The molecule has 1 aromatic heterocycles. The quantitative estimate of drug-likeness (QED) is 0.378. The van der Waals surface area contributed by atoms with Crippen molar-refractivity contribution in [1.29, 1.82) is 0 Å². The summed E-state index contributed by atoms with van der Waals surface area (Å²) in [6.07, 6.45) is 2.94. The van der Waals surface area contributed by atoms with E-state index in [1.807, 2.05) is 6.07 Å². The molecule has 0 bridgehead atoms. The number of pyridine rings is 1. The molecule has 1 aromatic carbocycles. The van der Waals surface area contributed by atoms with E-state index in [0.717, 1.165) is 0 Å². The number of halogens is 1. The van der Waals surface area contributed by atoms with Crippen LogP contribution in [0.1, 0.15) is 16.1 Å². The van der Waals surface area contributed by atoms with Crippen molar-refractivity contribution in [2.24, 2.45) is 7.05 Å². The second-order valence-electron chi connectivity index (χ2n) is 5.48. The first-order valence-corrected chi connectivity index (χ1v) is 7.52. The molecule has 0 aliphatic heterocycles. The van der Waals surface area contributed by atoms with Gasteiger partial charge in [-0.05, 0) is 12.1 Å². The van der Waals surface area contributed by atoms with Crippen LogP contribution in [-0.4, -0.2) is 41.7 Å². The molecule has 8 nitrogen and oxygen atoms in total. The highest BCUT2D eigenvalue weighted by molar-refractivity contribution is 6.00. The van der Waals surface area contributed by atoms with Crippen molar-refractivity contribution in [2.45, 2.75) is 0 Å². The van der Waals surface area contributed by atoms with Gasteiger partial charge in [-0.1, -0.05) is 18.2 Å². The average molecular weight is 378 g/mol. The van der Waals surface area contributed by atoms with E-state index in [1.54, 1.807) is 56.2 Å².